The third-order valence-electron chi connectivity index (χ3n) is 7.07. The van der Waals surface area contributed by atoms with E-state index in [2.05, 4.69) is 4.72 Å². The molecule has 1 aromatic heterocycles. The van der Waals surface area contributed by atoms with E-state index in [1.54, 1.807) is 24.0 Å². The van der Waals surface area contributed by atoms with Crippen LogP contribution in [0, 0.1) is 6.92 Å². The fourth-order valence-corrected chi connectivity index (χ4v) is 6.71. The van der Waals surface area contributed by atoms with Gasteiger partial charge in [0.15, 0.2) is 0 Å². The summed E-state index contributed by atoms with van der Waals surface area (Å²) in [5.41, 5.74) is 1.78. The number of esters is 1. The van der Waals surface area contributed by atoms with Crippen molar-refractivity contribution >= 4 is 43.0 Å². The lowest BCUT2D eigenvalue weighted by atomic mass is 10.1. The minimum Gasteiger partial charge on any atom is -0.489 e. The maximum absolute atomic E-state index is 13.0. The molecule has 2 heterocycles. The largest absolute Gasteiger partial charge is 0.489 e. The van der Waals surface area contributed by atoms with Crippen LogP contribution in [0.15, 0.2) is 53.4 Å². The van der Waals surface area contributed by atoms with E-state index in [9.17, 15) is 31.5 Å². The second kappa shape index (κ2) is 12.2. The fourth-order valence-electron chi connectivity index (χ4n) is 4.85. The first-order valence-corrected chi connectivity index (χ1v) is 16.0. The maximum atomic E-state index is 13.0. The monoisotopic (exact) mass is 608 g/mol. The predicted molar refractivity (Wildman–Crippen MR) is 150 cm³/mol. The highest BCUT2D eigenvalue weighted by molar-refractivity contribution is 7.89. The number of sulfonamides is 2. The Kier molecular flexibility index (Phi) is 9.03. The SMILES string of the molecule is COC(=O)[C@H](CNS(=O)(=O)c1ccc(OCc2c(C)n(C(=O)O)c3ccccc23)cc1)N1CCN(S(C)(=O)=O)CC1. The van der Waals surface area contributed by atoms with Gasteiger partial charge < -0.3 is 14.6 Å². The minimum absolute atomic E-state index is 0.0472. The van der Waals surface area contributed by atoms with Crippen LogP contribution >= 0.6 is 0 Å². The normalized spacial score (nSPS) is 16.0. The molecule has 1 aliphatic rings. The van der Waals surface area contributed by atoms with Gasteiger partial charge in [-0.3, -0.25) is 9.69 Å². The number of fused-ring (bicyclic) bond motifs is 1. The number of methoxy groups -OCH3 is 1. The van der Waals surface area contributed by atoms with Crippen molar-refractivity contribution in [1.82, 2.24) is 18.5 Å². The summed E-state index contributed by atoms with van der Waals surface area (Å²) in [4.78, 5) is 25.8. The molecule has 13 nitrogen and oxygen atoms in total. The Morgan fingerprint density at radius 3 is 2.22 bits per heavy atom. The highest BCUT2D eigenvalue weighted by atomic mass is 32.2. The number of piperazine rings is 1. The molecule has 0 saturated carbocycles. The van der Waals surface area contributed by atoms with Crippen LogP contribution in [0.25, 0.3) is 10.9 Å². The zero-order valence-electron chi connectivity index (χ0n) is 22.8. The molecule has 2 aromatic carbocycles. The molecule has 3 aromatic rings. The van der Waals surface area contributed by atoms with Gasteiger partial charge in [0, 0.05) is 49.4 Å². The number of benzene rings is 2. The van der Waals surface area contributed by atoms with E-state index in [4.69, 9.17) is 9.47 Å². The molecule has 1 fully saturated rings. The van der Waals surface area contributed by atoms with Crippen LogP contribution in [-0.2, 0) is 36.2 Å². The maximum Gasteiger partial charge on any atom is 0.416 e. The smallest absolute Gasteiger partial charge is 0.416 e. The molecule has 2 N–H and O–H groups in total. The van der Waals surface area contributed by atoms with Gasteiger partial charge in [-0.1, -0.05) is 18.2 Å². The van der Waals surface area contributed by atoms with Gasteiger partial charge in [-0.15, -0.1) is 0 Å². The Morgan fingerprint density at radius 1 is 1.00 bits per heavy atom. The first-order valence-electron chi connectivity index (χ1n) is 12.6. The average molecular weight is 609 g/mol. The number of ether oxygens (including phenoxy) is 2. The van der Waals surface area contributed by atoms with Crippen LogP contribution in [0.1, 0.15) is 11.3 Å². The standard InChI is InChI=1S/C26H32N4O9S2/c1-18-22(21-6-4-5-7-23(21)30(18)26(32)33)17-39-19-8-10-20(11-9-19)41(36,37)27-16-24(25(31)38-2)28-12-14-29(15-13-28)40(3,34)35/h4-11,24,27H,12-17H2,1-3H3,(H,32,33)/t24-/m0/s1. The highest BCUT2D eigenvalue weighted by Gasteiger charge is 2.33. The van der Waals surface area contributed by atoms with Gasteiger partial charge in [-0.25, -0.2) is 30.9 Å². The Labute approximate surface area is 238 Å². The van der Waals surface area contributed by atoms with Crippen LogP contribution in [0.5, 0.6) is 5.75 Å². The van der Waals surface area contributed by atoms with E-state index in [1.807, 2.05) is 12.1 Å². The van der Waals surface area contributed by atoms with E-state index in [1.165, 1.54) is 40.2 Å². The number of aromatic nitrogens is 1. The Bertz CT molecular complexity index is 1640. The van der Waals surface area contributed by atoms with E-state index in [0.29, 0.717) is 22.5 Å². The summed E-state index contributed by atoms with van der Waals surface area (Å²) in [6, 6.07) is 11.9. The number of nitrogens with zero attached hydrogens (tertiary/aromatic N) is 3. The van der Waals surface area contributed by atoms with E-state index >= 15 is 0 Å². The van der Waals surface area contributed by atoms with Gasteiger partial charge in [0.2, 0.25) is 20.0 Å². The van der Waals surface area contributed by atoms with Crippen molar-refractivity contribution < 1.29 is 41.0 Å². The van der Waals surface area contributed by atoms with Crippen molar-refractivity contribution in [2.45, 2.75) is 24.5 Å². The third-order valence-corrected chi connectivity index (χ3v) is 9.82. The van der Waals surface area contributed by atoms with Gasteiger partial charge in [-0.05, 0) is 37.3 Å². The summed E-state index contributed by atoms with van der Waals surface area (Å²) < 4.78 is 65.2. The summed E-state index contributed by atoms with van der Waals surface area (Å²) in [5, 5.41) is 10.4. The molecule has 0 unspecified atom stereocenters. The summed E-state index contributed by atoms with van der Waals surface area (Å²) in [6.07, 6.45) is 0.0155. The molecule has 41 heavy (non-hydrogen) atoms. The predicted octanol–water partition coefficient (Wildman–Crippen LogP) is 1.45. The number of hydrogen-bond acceptors (Lipinski definition) is 9. The molecule has 0 spiro atoms. The molecule has 0 bridgehead atoms. The average Bonchev–Trinajstić information content (AvgIpc) is 3.22. The molecular formula is C26H32N4O9S2. The molecular weight excluding hydrogens is 576 g/mol. The van der Waals surface area contributed by atoms with Gasteiger partial charge >= 0.3 is 12.1 Å². The second-order valence-corrected chi connectivity index (χ2v) is 13.3. The fraction of sp³-hybridized carbons (Fsp3) is 0.385. The second-order valence-electron chi connectivity index (χ2n) is 9.55. The van der Waals surface area contributed by atoms with Crippen molar-refractivity contribution in [1.29, 1.82) is 0 Å². The lowest BCUT2D eigenvalue weighted by Crippen LogP contribution is -2.56. The number of nitrogens with one attached hydrogen (secondary N) is 1. The van der Waals surface area contributed by atoms with E-state index in [-0.39, 0.29) is 44.2 Å². The Hall–Kier alpha value is -3.50. The lowest BCUT2D eigenvalue weighted by molar-refractivity contribution is -0.147. The zero-order chi connectivity index (χ0) is 29.9. The van der Waals surface area contributed by atoms with Crippen LogP contribution in [0.3, 0.4) is 0 Å². The number of carbonyl (C=O) groups is 2. The first kappa shape index (κ1) is 30.5. The molecule has 15 heteroatoms. The molecule has 0 amide bonds. The van der Waals surface area contributed by atoms with Gasteiger partial charge in [0.05, 0.1) is 23.8 Å². The lowest BCUT2D eigenvalue weighted by Gasteiger charge is -2.36. The third kappa shape index (κ3) is 6.70. The van der Waals surface area contributed by atoms with Crippen molar-refractivity contribution in [2.75, 3.05) is 46.1 Å². The molecule has 1 aliphatic heterocycles. The zero-order valence-corrected chi connectivity index (χ0v) is 24.4. The number of para-hydroxylation sites is 1. The molecule has 1 atom stereocenters. The molecule has 222 valence electrons. The molecule has 0 aliphatic carbocycles. The van der Waals surface area contributed by atoms with Crippen LogP contribution in [0.4, 0.5) is 4.79 Å². The topological polar surface area (TPSA) is 165 Å². The first-order chi connectivity index (χ1) is 19.3. The number of rotatable bonds is 10. The number of carboxylic acid groups (broad SMARTS) is 1. The van der Waals surface area contributed by atoms with Gasteiger partial charge in [0.1, 0.15) is 18.4 Å². The van der Waals surface area contributed by atoms with Crippen LogP contribution in [-0.4, -0.2) is 99.9 Å². The summed E-state index contributed by atoms with van der Waals surface area (Å²) in [6.45, 7) is 2.34. The van der Waals surface area contributed by atoms with Crippen LogP contribution < -0.4 is 9.46 Å². The number of hydrogen-bond donors (Lipinski definition) is 2. The minimum atomic E-state index is -4.01. The Morgan fingerprint density at radius 2 is 1.63 bits per heavy atom. The quantitative estimate of drug-likeness (QED) is 0.322. The van der Waals surface area contributed by atoms with E-state index in [0.717, 1.165) is 11.6 Å². The Balaban J connectivity index is 1.42. The van der Waals surface area contributed by atoms with Gasteiger partial charge in [0.25, 0.3) is 0 Å². The highest BCUT2D eigenvalue weighted by Crippen LogP contribution is 2.27. The van der Waals surface area contributed by atoms with Crippen molar-refractivity contribution in [3.05, 3.63) is 59.8 Å². The molecule has 0 radical (unpaired) electrons. The summed E-state index contributed by atoms with van der Waals surface area (Å²) >= 11 is 0. The van der Waals surface area contributed by atoms with Crippen molar-refractivity contribution in [3.63, 3.8) is 0 Å². The van der Waals surface area contributed by atoms with Gasteiger partial charge in [-0.2, -0.15) is 4.31 Å². The van der Waals surface area contributed by atoms with E-state index < -0.39 is 38.2 Å². The summed E-state index contributed by atoms with van der Waals surface area (Å²) in [7, 11) is -6.17. The molecule has 4 rings (SSSR count). The summed E-state index contributed by atoms with van der Waals surface area (Å²) in [5.74, 6) is -0.254. The molecule has 1 saturated heterocycles. The van der Waals surface area contributed by atoms with Crippen molar-refractivity contribution in [3.8, 4) is 5.75 Å². The van der Waals surface area contributed by atoms with Crippen molar-refractivity contribution in [2.24, 2.45) is 0 Å². The van der Waals surface area contributed by atoms with Crippen LogP contribution in [0.2, 0.25) is 0 Å². The number of carbonyl (C=O) groups excluding carboxylic acids is 1.